The number of carbonyl (C=O) groups is 1. The highest BCUT2D eigenvalue weighted by Crippen LogP contribution is 2.27. The summed E-state index contributed by atoms with van der Waals surface area (Å²) in [6, 6.07) is 7.57. The van der Waals surface area contributed by atoms with Gasteiger partial charge in [0.2, 0.25) is 0 Å². The predicted molar refractivity (Wildman–Crippen MR) is 74.5 cm³/mol. The van der Waals surface area contributed by atoms with Gasteiger partial charge in [-0.2, -0.15) is 0 Å². The van der Waals surface area contributed by atoms with Crippen molar-refractivity contribution in [2.75, 3.05) is 13.7 Å². The summed E-state index contributed by atoms with van der Waals surface area (Å²) in [5, 5.41) is 4.03. The smallest absolute Gasteiger partial charge is 0.314 e. The van der Waals surface area contributed by atoms with Crippen molar-refractivity contribution in [1.82, 2.24) is 5.32 Å². The Morgan fingerprint density at radius 1 is 1.44 bits per heavy atom. The third kappa shape index (κ3) is 3.37. The van der Waals surface area contributed by atoms with Gasteiger partial charge in [0, 0.05) is 11.1 Å². The molecule has 1 aromatic rings. The molecular weight excluding hydrogens is 273 g/mol. The largest absolute Gasteiger partial charge is 0.469 e. The first-order valence-electron chi connectivity index (χ1n) is 5.79. The van der Waals surface area contributed by atoms with Gasteiger partial charge >= 0.3 is 5.97 Å². The average Bonchev–Trinajstić information content (AvgIpc) is 2.85. The van der Waals surface area contributed by atoms with Gasteiger partial charge < -0.3 is 10.1 Å². The van der Waals surface area contributed by atoms with Crippen LogP contribution in [0, 0.1) is 0 Å². The summed E-state index contributed by atoms with van der Waals surface area (Å²) in [6.45, 7) is 0.964. The van der Waals surface area contributed by atoms with E-state index in [1.54, 1.807) is 0 Å². The molecule has 0 bridgehead atoms. The van der Waals surface area contributed by atoms with Crippen molar-refractivity contribution in [2.24, 2.45) is 0 Å². The van der Waals surface area contributed by atoms with Crippen molar-refractivity contribution in [3.63, 3.8) is 0 Å². The van der Waals surface area contributed by atoms with Gasteiger partial charge in [0.15, 0.2) is 0 Å². The van der Waals surface area contributed by atoms with Gasteiger partial charge in [0.05, 0.1) is 13.0 Å². The Kier molecular flexibility index (Phi) is 5.93. The lowest BCUT2D eigenvalue weighted by Crippen LogP contribution is -2.34. The zero-order valence-corrected chi connectivity index (χ0v) is 11.8. The molecule has 2 rings (SSSR count). The van der Waals surface area contributed by atoms with Crippen LogP contribution in [-0.2, 0) is 9.53 Å². The third-order valence-electron chi connectivity index (χ3n) is 3.19. The zero-order chi connectivity index (χ0) is 12.3. The minimum absolute atomic E-state index is 0. The monoisotopic (exact) mass is 289 g/mol. The second-order valence-corrected chi connectivity index (χ2v) is 4.69. The molecule has 0 aliphatic carbocycles. The average molecular weight is 290 g/mol. The lowest BCUT2D eigenvalue weighted by molar-refractivity contribution is -0.143. The molecule has 1 N–H and O–H groups in total. The Morgan fingerprint density at radius 3 is 2.61 bits per heavy atom. The molecule has 1 saturated heterocycles. The van der Waals surface area contributed by atoms with E-state index in [1.165, 1.54) is 7.11 Å². The molecule has 100 valence electrons. The van der Waals surface area contributed by atoms with Crippen LogP contribution in [0.1, 0.15) is 24.3 Å². The highest BCUT2D eigenvalue weighted by molar-refractivity contribution is 6.30. The summed E-state index contributed by atoms with van der Waals surface area (Å²) in [5.41, 5.74) is 0.959. The Bertz CT molecular complexity index is 388. The summed E-state index contributed by atoms with van der Waals surface area (Å²) in [6.07, 6.45) is 2.11. The zero-order valence-electron chi connectivity index (χ0n) is 10.2. The number of hydrogen-bond acceptors (Lipinski definition) is 3. The molecule has 0 radical (unpaired) electrons. The first kappa shape index (κ1) is 15.3. The number of benzene rings is 1. The van der Waals surface area contributed by atoms with E-state index in [1.807, 2.05) is 24.3 Å². The Balaban J connectivity index is 0.00000162. The van der Waals surface area contributed by atoms with Crippen molar-refractivity contribution >= 4 is 30.0 Å². The first-order valence-corrected chi connectivity index (χ1v) is 6.17. The normalized spacial score (nSPS) is 20.0. The Morgan fingerprint density at radius 2 is 2.11 bits per heavy atom. The molecule has 1 heterocycles. The number of halogens is 2. The summed E-state index contributed by atoms with van der Waals surface area (Å²) in [5.74, 6) is -0.425. The van der Waals surface area contributed by atoms with E-state index < -0.39 is 0 Å². The van der Waals surface area contributed by atoms with E-state index >= 15 is 0 Å². The second-order valence-electron chi connectivity index (χ2n) is 4.26. The SMILES string of the molecule is COC(=O)[C@H](c1ccc(Cl)cc1)[C@H]1CCCN1.Cl. The molecule has 2 atom stereocenters. The van der Waals surface area contributed by atoms with Gasteiger partial charge in [0.25, 0.3) is 0 Å². The van der Waals surface area contributed by atoms with Gasteiger partial charge in [0.1, 0.15) is 0 Å². The van der Waals surface area contributed by atoms with Crippen LogP contribution >= 0.6 is 24.0 Å². The van der Waals surface area contributed by atoms with Crippen molar-refractivity contribution < 1.29 is 9.53 Å². The van der Waals surface area contributed by atoms with Crippen molar-refractivity contribution in [3.8, 4) is 0 Å². The maximum absolute atomic E-state index is 11.9. The van der Waals surface area contributed by atoms with Gasteiger partial charge in [-0.25, -0.2) is 0 Å². The quantitative estimate of drug-likeness (QED) is 0.870. The minimum Gasteiger partial charge on any atom is -0.469 e. The molecule has 1 aliphatic rings. The van der Waals surface area contributed by atoms with E-state index in [-0.39, 0.29) is 30.3 Å². The highest BCUT2D eigenvalue weighted by Gasteiger charge is 2.32. The number of nitrogens with one attached hydrogen (secondary N) is 1. The Hall–Kier alpha value is -0.770. The Labute approximate surface area is 118 Å². The fraction of sp³-hybridized carbons (Fsp3) is 0.462. The summed E-state index contributed by atoms with van der Waals surface area (Å²) >= 11 is 5.86. The van der Waals surface area contributed by atoms with Crippen LogP contribution in [0.5, 0.6) is 0 Å². The molecule has 3 nitrogen and oxygen atoms in total. The van der Waals surface area contributed by atoms with Crippen LogP contribution in [0.25, 0.3) is 0 Å². The van der Waals surface area contributed by atoms with Crippen LogP contribution in [0.3, 0.4) is 0 Å². The predicted octanol–water partition coefficient (Wildman–Crippen LogP) is 2.77. The number of carbonyl (C=O) groups excluding carboxylic acids is 1. The van der Waals surface area contributed by atoms with Crippen LogP contribution in [0.4, 0.5) is 0 Å². The summed E-state index contributed by atoms with van der Waals surface area (Å²) in [7, 11) is 1.43. The standard InChI is InChI=1S/C13H16ClNO2.ClH/c1-17-13(16)12(11-3-2-8-15-11)9-4-6-10(14)7-5-9;/h4-7,11-12,15H,2-3,8H2,1H3;1H/t11-,12-;/m1./s1. The number of ether oxygens (including phenoxy) is 1. The minimum atomic E-state index is -0.236. The molecule has 18 heavy (non-hydrogen) atoms. The van der Waals surface area contributed by atoms with Gasteiger partial charge in [-0.15, -0.1) is 12.4 Å². The van der Waals surface area contributed by atoms with Crippen molar-refractivity contribution in [1.29, 1.82) is 0 Å². The molecular formula is C13H17Cl2NO2. The molecule has 0 saturated carbocycles. The molecule has 0 spiro atoms. The number of methoxy groups -OCH3 is 1. The highest BCUT2D eigenvalue weighted by atomic mass is 35.5. The lowest BCUT2D eigenvalue weighted by atomic mass is 9.90. The third-order valence-corrected chi connectivity index (χ3v) is 3.44. The number of rotatable bonds is 3. The van der Waals surface area contributed by atoms with E-state index in [2.05, 4.69) is 5.32 Å². The first-order chi connectivity index (χ1) is 8.22. The molecule has 0 amide bonds. The van der Waals surface area contributed by atoms with Crippen molar-refractivity contribution in [2.45, 2.75) is 24.8 Å². The lowest BCUT2D eigenvalue weighted by Gasteiger charge is -2.21. The van der Waals surface area contributed by atoms with E-state index in [0.717, 1.165) is 24.9 Å². The number of hydrogen-bond donors (Lipinski definition) is 1. The van der Waals surface area contributed by atoms with Crippen LogP contribution in [0.2, 0.25) is 5.02 Å². The van der Waals surface area contributed by atoms with E-state index in [4.69, 9.17) is 16.3 Å². The van der Waals surface area contributed by atoms with Gasteiger partial charge in [-0.3, -0.25) is 4.79 Å². The van der Waals surface area contributed by atoms with E-state index in [9.17, 15) is 4.79 Å². The maximum atomic E-state index is 11.9. The molecule has 0 aromatic heterocycles. The second kappa shape index (κ2) is 6.98. The summed E-state index contributed by atoms with van der Waals surface area (Å²) < 4.78 is 4.90. The molecule has 0 unspecified atom stereocenters. The van der Waals surface area contributed by atoms with Gasteiger partial charge in [-0.05, 0) is 37.1 Å². The van der Waals surface area contributed by atoms with Crippen molar-refractivity contribution in [3.05, 3.63) is 34.9 Å². The maximum Gasteiger partial charge on any atom is 0.314 e. The van der Waals surface area contributed by atoms with Gasteiger partial charge in [-0.1, -0.05) is 23.7 Å². The summed E-state index contributed by atoms with van der Waals surface area (Å²) in [4.78, 5) is 11.9. The molecule has 1 aromatic carbocycles. The van der Waals surface area contributed by atoms with Crippen LogP contribution in [0.15, 0.2) is 24.3 Å². The molecule has 1 aliphatic heterocycles. The fourth-order valence-corrected chi connectivity index (χ4v) is 2.45. The van der Waals surface area contributed by atoms with E-state index in [0.29, 0.717) is 5.02 Å². The molecule has 1 fully saturated rings. The van der Waals surface area contributed by atoms with Crippen LogP contribution < -0.4 is 5.32 Å². The topological polar surface area (TPSA) is 38.3 Å². The van der Waals surface area contributed by atoms with Crippen LogP contribution in [-0.4, -0.2) is 25.7 Å². The molecule has 5 heteroatoms. The number of esters is 1. The fourth-order valence-electron chi connectivity index (χ4n) is 2.33.